The van der Waals surface area contributed by atoms with Gasteiger partial charge in [0.15, 0.2) is 0 Å². The highest BCUT2D eigenvalue weighted by molar-refractivity contribution is 5.97. The van der Waals surface area contributed by atoms with Gasteiger partial charge in [-0.25, -0.2) is 4.79 Å². The van der Waals surface area contributed by atoms with E-state index < -0.39 is 5.97 Å². The van der Waals surface area contributed by atoms with Gasteiger partial charge in [0.05, 0.1) is 16.9 Å². The maximum Gasteiger partial charge on any atom is 0.337 e. The Morgan fingerprint density at radius 1 is 1.35 bits per heavy atom. The summed E-state index contributed by atoms with van der Waals surface area (Å²) in [6.07, 6.45) is 3.37. The summed E-state index contributed by atoms with van der Waals surface area (Å²) in [7, 11) is 0. The largest absolute Gasteiger partial charge is 0.478 e. The molecule has 86 valence electrons. The molecule has 0 saturated carbocycles. The van der Waals surface area contributed by atoms with Gasteiger partial charge in [-0.15, -0.1) is 10.2 Å². The van der Waals surface area contributed by atoms with E-state index in [4.69, 9.17) is 5.11 Å². The number of hydrogen-bond acceptors (Lipinski definition) is 4. The second-order valence-corrected chi connectivity index (χ2v) is 3.17. The molecule has 2 aromatic rings. The number of aromatic carboxylic acids is 1. The first kappa shape index (κ1) is 10.8. The zero-order chi connectivity index (χ0) is 12.3. The minimum absolute atomic E-state index is 0.0222. The van der Waals surface area contributed by atoms with Crippen molar-refractivity contribution >= 4 is 18.1 Å². The van der Waals surface area contributed by atoms with Crippen LogP contribution in [0, 0.1) is 0 Å². The molecule has 0 fully saturated rings. The first-order valence-corrected chi connectivity index (χ1v) is 4.65. The van der Waals surface area contributed by atoms with Crippen molar-refractivity contribution in [3.05, 3.63) is 36.4 Å². The van der Waals surface area contributed by atoms with Crippen molar-refractivity contribution in [3.63, 3.8) is 0 Å². The number of carboxylic acid groups (broad SMARTS) is 1. The molecule has 2 rings (SSSR count). The van der Waals surface area contributed by atoms with Gasteiger partial charge < -0.3 is 10.4 Å². The van der Waals surface area contributed by atoms with E-state index in [9.17, 15) is 9.59 Å². The van der Waals surface area contributed by atoms with Crippen LogP contribution in [-0.2, 0) is 4.79 Å². The maximum atomic E-state index is 10.9. The SMILES string of the molecule is O=CNc1cc(-n2cnnc2)ccc1C(=O)O. The van der Waals surface area contributed by atoms with Gasteiger partial charge in [0.25, 0.3) is 0 Å². The van der Waals surface area contributed by atoms with Crippen molar-refractivity contribution < 1.29 is 14.7 Å². The van der Waals surface area contributed by atoms with Gasteiger partial charge in [0.2, 0.25) is 6.41 Å². The van der Waals surface area contributed by atoms with Crippen LogP contribution in [0.3, 0.4) is 0 Å². The number of amides is 1. The van der Waals surface area contributed by atoms with Crippen LogP contribution in [0.2, 0.25) is 0 Å². The minimum atomic E-state index is -1.11. The highest BCUT2D eigenvalue weighted by Crippen LogP contribution is 2.19. The van der Waals surface area contributed by atoms with Gasteiger partial charge >= 0.3 is 5.97 Å². The third kappa shape index (κ3) is 2.12. The Kier molecular flexibility index (Phi) is 2.82. The van der Waals surface area contributed by atoms with Crippen molar-refractivity contribution in [3.8, 4) is 5.69 Å². The number of carbonyl (C=O) groups excluding carboxylic acids is 1. The monoisotopic (exact) mass is 232 g/mol. The van der Waals surface area contributed by atoms with E-state index in [0.29, 0.717) is 12.1 Å². The summed E-state index contributed by atoms with van der Waals surface area (Å²) in [5, 5.41) is 18.5. The van der Waals surface area contributed by atoms with E-state index in [1.165, 1.54) is 24.8 Å². The number of nitrogens with zero attached hydrogens (tertiary/aromatic N) is 3. The van der Waals surface area contributed by atoms with Crippen molar-refractivity contribution in [2.75, 3.05) is 5.32 Å². The molecule has 1 amide bonds. The van der Waals surface area contributed by atoms with Gasteiger partial charge in [-0.3, -0.25) is 9.36 Å². The number of carbonyl (C=O) groups is 2. The second-order valence-electron chi connectivity index (χ2n) is 3.17. The Bertz CT molecular complexity index is 551. The van der Waals surface area contributed by atoms with E-state index in [-0.39, 0.29) is 11.3 Å². The van der Waals surface area contributed by atoms with Gasteiger partial charge in [-0.2, -0.15) is 0 Å². The van der Waals surface area contributed by atoms with E-state index in [1.54, 1.807) is 10.6 Å². The standard InChI is InChI=1S/C10H8N4O3/c15-6-11-9-3-7(14-4-12-13-5-14)1-2-8(9)10(16)17/h1-6H,(H,11,15)(H,16,17). The van der Waals surface area contributed by atoms with Gasteiger partial charge in [0.1, 0.15) is 12.7 Å². The Hall–Kier alpha value is -2.70. The molecule has 0 bridgehead atoms. The summed E-state index contributed by atoms with van der Waals surface area (Å²) in [6, 6.07) is 4.54. The minimum Gasteiger partial charge on any atom is -0.478 e. The third-order valence-electron chi connectivity index (χ3n) is 2.16. The molecule has 0 aliphatic heterocycles. The molecular weight excluding hydrogens is 224 g/mol. The average Bonchev–Trinajstić information content (AvgIpc) is 2.82. The van der Waals surface area contributed by atoms with E-state index in [1.807, 2.05) is 0 Å². The van der Waals surface area contributed by atoms with Crippen molar-refractivity contribution in [1.29, 1.82) is 0 Å². The zero-order valence-corrected chi connectivity index (χ0v) is 8.57. The molecule has 17 heavy (non-hydrogen) atoms. The first-order valence-electron chi connectivity index (χ1n) is 4.65. The van der Waals surface area contributed by atoms with Crippen LogP contribution in [0.4, 0.5) is 5.69 Å². The Labute approximate surface area is 95.7 Å². The summed E-state index contributed by atoms with van der Waals surface area (Å²) in [5.74, 6) is -1.11. The summed E-state index contributed by atoms with van der Waals surface area (Å²) in [5.41, 5.74) is 0.900. The van der Waals surface area contributed by atoms with Gasteiger partial charge in [-0.1, -0.05) is 0 Å². The Morgan fingerprint density at radius 2 is 2.06 bits per heavy atom. The molecule has 2 N–H and O–H groups in total. The lowest BCUT2D eigenvalue weighted by Crippen LogP contribution is -2.05. The summed E-state index contributed by atoms with van der Waals surface area (Å²) < 4.78 is 1.60. The second kappa shape index (κ2) is 4.44. The summed E-state index contributed by atoms with van der Waals surface area (Å²) in [4.78, 5) is 21.3. The van der Waals surface area contributed by atoms with Gasteiger partial charge in [0, 0.05) is 0 Å². The molecule has 1 heterocycles. The highest BCUT2D eigenvalue weighted by atomic mass is 16.4. The van der Waals surface area contributed by atoms with Crippen LogP contribution in [0.25, 0.3) is 5.69 Å². The average molecular weight is 232 g/mol. The van der Waals surface area contributed by atoms with Crippen LogP contribution in [0.15, 0.2) is 30.9 Å². The van der Waals surface area contributed by atoms with E-state index in [2.05, 4.69) is 15.5 Å². The molecule has 0 aliphatic rings. The number of rotatable bonds is 4. The third-order valence-corrected chi connectivity index (χ3v) is 2.16. The van der Waals surface area contributed by atoms with Gasteiger partial charge in [-0.05, 0) is 18.2 Å². The molecule has 0 spiro atoms. The molecule has 1 aromatic heterocycles. The number of carboxylic acids is 1. The lowest BCUT2D eigenvalue weighted by atomic mass is 10.1. The van der Waals surface area contributed by atoms with Crippen LogP contribution in [0.5, 0.6) is 0 Å². The predicted octanol–water partition coefficient (Wildman–Crippen LogP) is 0.534. The zero-order valence-electron chi connectivity index (χ0n) is 8.57. The Balaban J connectivity index is 2.49. The summed E-state index contributed by atoms with van der Waals surface area (Å²) in [6.45, 7) is 0. The maximum absolute atomic E-state index is 10.9. The number of aromatic nitrogens is 3. The van der Waals surface area contributed by atoms with Crippen LogP contribution in [0.1, 0.15) is 10.4 Å². The fraction of sp³-hybridized carbons (Fsp3) is 0. The molecule has 1 aromatic carbocycles. The molecule has 0 saturated heterocycles. The molecule has 7 heteroatoms. The van der Waals surface area contributed by atoms with Crippen LogP contribution >= 0.6 is 0 Å². The van der Waals surface area contributed by atoms with E-state index in [0.717, 1.165) is 0 Å². The number of nitrogens with one attached hydrogen (secondary N) is 1. The van der Waals surface area contributed by atoms with E-state index >= 15 is 0 Å². The number of hydrogen-bond donors (Lipinski definition) is 2. The smallest absolute Gasteiger partial charge is 0.337 e. The van der Waals surface area contributed by atoms with Crippen molar-refractivity contribution in [2.24, 2.45) is 0 Å². The quantitative estimate of drug-likeness (QED) is 0.749. The van der Waals surface area contributed by atoms with Crippen LogP contribution in [-0.4, -0.2) is 32.3 Å². The van der Waals surface area contributed by atoms with Crippen molar-refractivity contribution in [1.82, 2.24) is 14.8 Å². The fourth-order valence-corrected chi connectivity index (χ4v) is 1.40. The van der Waals surface area contributed by atoms with Crippen molar-refractivity contribution in [2.45, 2.75) is 0 Å². The van der Waals surface area contributed by atoms with Crippen LogP contribution < -0.4 is 5.32 Å². The molecule has 0 unspecified atom stereocenters. The fourth-order valence-electron chi connectivity index (χ4n) is 1.40. The lowest BCUT2D eigenvalue weighted by molar-refractivity contribution is -0.105. The molecule has 0 aliphatic carbocycles. The Morgan fingerprint density at radius 3 is 2.65 bits per heavy atom. The summed E-state index contributed by atoms with van der Waals surface area (Å²) >= 11 is 0. The normalized spacial score (nSPS) is 9.88. The highest BCUT2D eigenvalue weighted by Gasteiger charge is 2.10. The number of benzene rings is 1. The molecular formula is C10H8N4O3. The molecule has 0 radical (unpaired) electrons. The topological polar surface area (TPSA) is 97.1 Å². The molecule has 7 nitrogen and oxygen atoms in total. The molecule has 0 atom stereocenters. The number of anilines is 1. The lowest BCUT2D eigenvalue weighted by Gasteiger charge is -2.07. The first-order chi connectivity index (χ1) is 8.22. The predicted molar refractivity (Wildman–Crippen MR) is 58.0 cm³/mol.